The van der Waals surface area contributed by atoms with Gasteiger partial charge < -0.3 is 14.8 Å². The summed E-state index contributed by atoms with van der Waals surface area (Å²) in [5.41, 5.74) is 0.202. The summed E-state index contributed by atoms with van der Waals surface area (Å²) in [6, 6.07) is 1.95. The fraction of sp³-hybridized carbons (Fsp3) is 0.583. The first kappa shape index (κ1) is 12.8. The predicted molar refractivity (Wildman–Crippen MR) is 61.4 cm³/mol. The quantitative estimate of drug-likeness (QED) is 0.780. The number of rotatable bonds is 6. The van der Waals surface area contributed by atoms with Crippen LogP contribution >= 0.6 is 0 Å². The number of hydrogen-bond acceptors (Lipinski definition) is 3. The smallest absolute Gasteiger partial charge is 0.338 e. The van der Waals surface area contributed by atoms with E-state index in [1.807, 2.05) is 0 Å². The maximum Gasteiger partial charge on any atom is 0.338 e. The summed E-state index contributed by atoms with van der Waals surface area (Å²) >= 11 is 0. The lowest BCUT2D eigenvalue weighted by Crippen LogP contribution is -2.31. The third kappa shape index (κ3) is 3.38. The molecule has 16 heavy (non-hydrogen) atoms. The van der Waals surface area contributed by atoms with Crippen LogP contribution in [0.2, 0.25) is 0 Å². The fourth-order valence-electron chi connectivity index (χ4n) is 1.40. The molecule has 0 saturated heterocycles. The first-order valence-corrected chi connectivity index (χ1v) is 5.58. The highest BCUT2D eigenvalue weighted by Gasteiger charge is 2.12. The van der Waals surface area contributed by atoms with Gasteiger partial charge in [0.15, 0.2) is 0 Å². The van der Waals surface area contributed by atoms with Crippen molar-refractivity contribution in [1.82, 2.24) is 5.32 Å². The summed E-state index contributed by atoms with van der Waals surface area (Å²) in [7, 11) is 0. The molecule has 0 spiro atoms. The van der Waals surface area contributed by atoms with Crippen LogP contribution in [-0.4, -0.2) is 17.1 Å². The molecule has 0 aliphatic rings. The van der Waals surface area contributed by atoms with E-state index in [0.29, 0.717) is 24.3 Å². The zero-order valence-electron chi connectivity index (χ0n) is 9.99. The number of carboxylic acid groups (broad SMARTS) is 1. The summed E-state index contributed by atoms with van der Waals surface area (Å²) in [6.07, 6.45) is 2.39. The van der Waals surface area contributed by atoms with Gasteiger partial charge in [0.05, 0.1) is 12.1 Å². The van der Waals surface area contributed by atoms with E-state index in [2.05, 4.69) is 26.1 Å². The van der Waals surface area contributed by atoms with E-state index in [0.717, 1.165) is 6.42 Å². The third-order valence-electron chi connectivity index (χ3n) is 3.00. The molecule has 4 heteroatoms. The van der Waals surface area contributed by atoms with Crippen LogP contribution in [-0.2, 0) is 6.54 Å². The Hall–Kier alpha value is -1.29. The van der Waals surface area contributed by atoms with Gasteiger partial charge in [0.1, 0.15) is 12.0 Å². The Labute approximate surface area is 95.7 Å². The maximum absolute atomic E-state index is 10.6. The van der Waals surface area contributed by atoms with Crippen molar-refractivity contribution in [3.63, 3.8) is 0 Å². The van der Waals surface area contributed by atoms with Crippen molar-refractivity contribution in [2.24, 2.45) is 5.92 Å². The summed E-state index contributed by atoms with van der Waals surface area (Å²) in [5, 5.41) is 12.0. The largest absolute Gasteiger partial charge is 0.478 e. The molecular formula is C12H19NO3. The second-order valence-electron chi connectivity index (χ2n) is 4.16. The van der Waals surface area contributed by atoms with Gasteiger partial charge in [-0.25, -0.2) is 4.79 Å². The molecular weight excluding hydrogens is 206 g/mol. The summed E-state index contributed by atoms with van der Waals surface area (Å²) < 4.78 is 5.15. The van der Waals surface area contributed by atoms with Crippen LogP contribution in [0.5, 0.6) is 0 Å². The summed E-state index contributed by atoms with van der Waals surface area (Å²) in [6.45, 7) is 7.02. The topological polar surface area (TPSA) is 62.5 Å². The predicted octanol–water partition coefficient (Wildman–Crippen LogP) is 2.50. The van der Waals surface area contributed by atoms with E-state index < -0.39 is 5.97 Å². The van der Waals surface area contributed by atoms with Crippen LogP contribution in [0.1, 0.15) is 43.3 Å². The van der Waals surface area contributed by atoms with Crippen molar-refractivity contribution in [3.8, 4) is 0 Å². The molecule has 1 aromatic rings. The Bertz CT molecular complexity index is 346. The number of furan rings is 1. The van der Waals surface area contributed by atoms with Crippen LogP contribution in [0.3, 0.4) is 0 Å². The first-order chi connectivity index (χ1) is 7.54. The molecule has 90 valence electrons. The number of carbonyl (C=O) groups is 1. The van der Waals surface area contributed by atoms with E-state index >= 15 is 0 Å². The molecule has 0 aliphatic carbocycles. The third-order valence-corrected chi connectivity index (χ3v) is 3.00. The molecule has 0 aromatic carbocycles. The van der Waals surface area contributed by atoms with Gasteiger partial charge in [0, 0.05) is 6.04 Å². The Kier molecular flexibility index (Phi) is 4.55. The van der Waals surface area contributed by atoms with Crippen LogP contribution < -0.4 is 5.32 Å². The standard InChI is InChI=1S/C12H19NO3/c1-4-8(2)9(3)13-6-11-5-10(7-16-11)12(14)15/h5,7-9,13H,4,6H2,1-3H3,(H,14,15). The zero-order valence-corrected chi connectivity index (χ0v) is 9.99. The second kappa shape index (κ2) is 5.70. The molecule has 0 saturated carbocycles. The van der Waals surface area contributed by atoms with Crippen LogP contribution in [0, 0.1) is 5.92 Å². The van der Waals surface area contributed by atoms with Gasteiger partial charge in [-0.2, -0.15) is 0 Å². The fourth-order valence-corrected chi connectivity index (χ4v) is 1.40. The number of hydrogen-bond donors (Lipinski definition) is 2. The number of nitrogens with one attached hydrogen (secondary N) is 1. The van der Waals surface area contributed by atoms with Gasteiger partial charge in [0.25, 0.3) is 0 Å². The number of aromatic carboxylic acids is 1. The van der Waals surface area contributed by atoms with E-state index in [4.69, 9.17) is 9.52 Å². The average Bonchev–Trinajstić information content (AvgIpc) is 2.73. The van der Waals surface area contributed by atoms with Gasteiger partial charge in [-0.05, 0) is 18.9 Å². The van der Waals surface area contributed by atoms with Crippen molar-refractivity contribution in [1.29, 1.82) is 0 Å². The SMILES string of the molecule is CCC(C)C(C)NCc1cc(C(=O)O)co1. The normalized spacial score (nSPS) is 14.7. The summed E-state index contributed by atoms with van der Waals surface area (Å²) in [4.78, 5) is 10.6. The Morgan fingerprint density at radius 3 is 2.75 bits per heavy atom. The van der Waals surface area contributed by atoms with E-state index in [9.17, 15) is 4.79 Å². The molecule has 1 aromatic heterocycles. The lowest BCUT2D eigenvalue weighted by molar-refractivity contribution is 0.0696. The summed E-state index contributed by atoms with van der Waals surface area (Å²) in [5.74, 6) is 0.298. The minimum atomic E-state index is -0.954. The molecule has 0 amide bonds. The van der Waals surface area contributed by atoms with Gasteiger partial charge in [-0.3, -0.25) is 0 Å². The van der Waals surface area contributed by atoms with Crippen LogP contribution in [0.25, 0.3) is 0 Å². The van der Waals surface area contributed by atoms with Gasteiger partial charge in [-0.15, -0.1) is 0 Å². The molecule has 1 heterocycles. The van der Waals surface area contributed by atoms with Crippen molar-refractivity contribution < 1.29 is 14.3 Å². The zero-order chi connectivity index (χ0) is 12.1. The Morgan fingerprint density at radius 2 is 2.25 bits per heavy atom. The molecule has 0 bridgehead atoms. The molecule has 1 rings (SSSR count). The van der Waals surface area contributed by atoms with Crippen molar-refractivity contribution in [2.75, 3.05) is 0 Å². The van der Waals surface area contributed by atoms with Crippen molar-refractivity contribution in [2.45, 2.75) is 39.8 Å². The second-order valence-corrected chi connectivity index (χ2v) is 4.16. The molecule has 2 N–H and O–H groups in total. The Morgan fingerprint density at radius 1 is 1.56 bits per heavy atom. The molecule has 2 unspecified atom stereocenters. The lowest BCUT2D eigenvalue weighted by Gasteiger charge is -2.18. The average molecular weight is 225 g/mol. The molecule has 0 aliphatic heterocycles. The van der Waals surface area contributed by atoms with Crippen molar-refractivity contribution in [3.05, 3.63) is 23.7 Å². The highest BCUT2D eigenvalue weighted by Crippen LogP contribution is 2.10. The maximum atomic E-state index is 10.6. The van der Waals surface area contributed by atoms with E-state index in [-0.39, 0.29) is 5.56 Å². The van der Waals surface area contributed by atoms with Gasteiger partial charge >= 0.3 is 5.97 Å². The highest BCUT2D eigenvalue weighted by molar-refractivity contribution is 5.87. The molecule has 0 radical (unpaired) electrons. The van der Waals surface area contributed by atoms with Gasteiger partial charge in [0.2, 0.25) is 0 Å². The Balaban J connectivity index is 2.45. The van der Waals surface area contributed by atoms with Crippen LogP contribution in [0.15, 0.2) is 16.7 Å². The van der Waals surface area contributed by atoms with Crippen molar-refractivity contribution >= 4 is 5.97 Å². The number of carboxylic acids is 1. The molecule has 0 fully saturated rings. The van der Waals surface area contributed by atoms with Crippen LogP contribution in [0.4, 0.5) is 0 Å². The molecule has 4 nitrogen and oxygen atoms in total. The lowest BCUT2D eigenvalue weighted by atomic mass is 10.0. The highest BCUT2D eigenvalue weighted by atomic mass is 16.4. The molecule has 2 atom stereocenters. The minimum absolute atomic E-state index is 0.202. The monoisotopic (exact) mass is 225 g/mol. The van der Waals surface area contributed by atoms with E-state index in [1.54, 1.807) is 6.07 Å². The first-order valence-electron chi connectivity index (χ1n) is 5.58. The minimum Gasteiger partial charge on any atom is -0.478 e. The van der Waals surface area contributed by atoms with E-state index in [1.165, 1.54) is 6.26 Å². The van der Waals surface area contributed by atoms with Gasteiger partial charge in [-0.1, -0.05) is 20.3 Å².